The summed E-state index contributed by atoms with van der Waals surface area (Å²) in [4.78, 5) is 28.3. The Kier molecular flexibility index (Phi) is 4.33. The van der Waals surface area contributed by atoms with Crippen LogP contribution in [0.25, 0.3) is 16.9 Å². The molecular formula is C21H16N4O3. The van der Waals surface area contributed by atoms with E-state index in [1.165, 1.54) is 12.1 Å². The van der Waals surface area contributed by atoms with E-state index in [1.807, 2.05) is 54.7 Å². The molecule has 0 fully saturated rings. The largest absolute Gasteiger partial charge is 0.306 e. The number of imidazole rings is 1. The summed E-state index contributed by atoms with van der Waals surface area (Å²) in [7, 11) is 0. The maximum Gasteiger partial charge on any atom is 0.273 e. The number of nitro groups is 1. The van der Waals surface area contributed by atoms with Crippen LogP contribution in [0.2, 0.25) is 0 Å². The minimum atomic E-state index is -0.490. The molecule has 2 heterocycles. The number of hydrogen-bond donors (Lipinski definition) is 1. The molecule has 1 N–H and O–H groups in total. The van der Waals surface area contributed by atoms with Crippen molar-refractivity contribution in [2.24, 2.45) is 0 Å². The summed E-state index contributed by atoms with van der Waals surface area (Å²) >= 11 is 0. The van der Waals surface area contributed by atoms with E-state index in [1.54, 1.807) is 17.4 Å². The predicted molar refractivity (Wildman–Crippen MR) is 106 cm³/mol. The van der Waals surface area contributed by atoms with Gasteiger partial charge in [0.1, 0.15) is 17.2 Å². The number of benzene rings is 2. The van der Waals surface area contributed by atoms with Crippen molar-refractivity contribution in [2.45, 2.75) is 6.92 Å². The van der Waals surface area contributed by atoms with Crippen LogP contribution in [-0.4, -0.2) is 20.2 Å². The molecule has 0 bridgehead atoms. The van der Waals surface area contributed by atoms with Crippen molar-refractivity contribution < 1.29 is 9.72 Å². The van der Waals surface area contributed by atoms with Crippen molar-refractivity contribution >= 4 is 23.1 Å². The molecule has 4 aromatic rings. The number of fused-ring (bicyclic) bond motifs is 1. The van der Waals surface area contributed by atoms with Crippen LogP contribution >= 0.6 is 0 Å². The lowest BCUT2D eigenvalue weighted by Gasteiger charge is -2.10. The number of pyridine rings is 1. The third-order valence-electron chi connectivity index (χ3n) is 4.56. The van der Waals surface area contributed by atoms with Crippen LogP contribution in [-0.2, 0) is 0 Å². The van der Waals surface area contributed by atoms with Gasteiger partial charge in [-0.05, 0) is 25.1 Å². The highest BCUT2D eigenvalue weighted by atomic mass is 16.6. The van der Waals surface area contributed by atoms with E-state index in [4.69, 9.17) is 0 Å². The number of anilines is 1. The van der Waals surface area contributed by atoms with Crippen LogP contribution in [0.3, 0.4) is 0 Å². The van der Waals surface area contributed by atoms with Gasteiger partial charge in [0.15, 0.2) is 0 Å². The van der Waals surface area contributed by atoms with Crippen molar-refractivity contribution in [3.63, 3.8) is 0 Å². The number of nitro benzene ring substituents is 1. The summed E-state index contributed by atoms with van der Waals surface area (Å²) in [6, 6.07) is 19.6. The van der Waals surface area contributed by atoms with Crippen molar-refractivity contribution in [2.75, 3.05) is 5.32 Å². The molecule has 0 aliphatic carbocycles. The van der Waals surface area contributed by atoms with Crippen molar-refractivity contribution in [1.82, 2.24) is 9.38 Å². The second-order valence-corrected chi connectivity index (χ2v) is 6.26. The van der Waals surface area contributed by atoms with Crippen molar-refractivity contribution in [3.8, 4) is 11.3 Å². The normalized spacial score (nSPS) is 10.8. The molecule has 0 radical (unpaired) electrons. The molecule has 4 rings (SSSR count). The van der Waals surface area contributed by atoms with Gasteiger partial charge >= 0.3 is 0 Å². The quantitative estimate of drug-likeness (QED) is 0.423. The molecule has 0 aliphatic rings. The Morgan fingerprint density at radius 3 is 2.54 bits per heavy atom. The van der Waals surface area contributed by atoms with Gasteiger partial charge in [0.25, 0.3) is 11.6 Å². The summed E-state index contributed by atoms with van der Waals surface area (Å²) in [5.41, 5.74) is 2.65. The minimum Gasteiger partial charge on any atom is -0.306 e. The van der Waals surface area contributed by atoms with Gasteiger partial charge in [0, 0.05) is 29.0 Å². The minimum absolute atomic E-state index is 0.0888. The third-order valence-corrected chi connectivity index (χ3v) is 4.56. The Balaban J connectivity index is 1.81. The highest BCUT2D eigenvalue weighted by Crippen LogP contribution is 2.30. The molecule has 7 nitrogen and oxygen atoms in total. The summed E-state index contributed by atoms with van der Waals surface area (Å²) < 4.78 is 1.78. The number of nitrogens with zero attached hydrogens (tertiary/aromatic N) is 3. The number of carbonyl (C=O) groups excluding carboxylic acids is 1. The van der Waals surface area contributed by atoms with Crippen LogP contribution in [0.15, 0.2) is 72.9 Å². The Labute approximate surface area is 160 Å². The Bertz CT molecular complexity index is 1200. The van der Waals surface area contributed by atoms with Crippen LogP contribution in [0.1, 0.15) is 15.9 Å². The highest BCUT2D eigenvalue weighted by Gasteiger charge is 2.21. The monoisotopic (exact) mass is 372 g/mol. The summed E-state index contributed by atoms with van der Waals surface area (Å²) in [5.74, 6) is 0.0849. The van der Waals surface area contributed by atoms with Gasteiger partial charge in [-0.15, -0.1) is 0 Å². The van der Waals surface area contributed by atoms with Crippen LogP contribution in [0.5, 0.6) is 0 Å². The Morgan fingerprint density at radius 1 is 1.04 bits per heavy atom. The van der Waals surface area contributed by atoms with E-state index in [-0.39, 0.29) is 11.3 Å². The first-order valence-corrected chi connectivity index (χ1v) is 8.64. The first-order valence-electron chi connectivity index (χ1n) is 8.64. The maximum atomic E-state index is 13.0. The van der Waals surface area contributed by atoms with E-state index in [2.05, 4.69) is 10.3 Å². The number of nitrogens with one attached hydrogen (secondary N) is 1. The summed E-state index contributed by atoms with van der Waals surface area (Å²) in [6.45, 7) is 1.57. The molecule has 28 heavy (non-hydrogen) atoms. The first kappa shape index (κ1) is 17.4. The SMILES string of the molecule is Cc1c(C(=O)Nc2c(-c3ccccc3)nc3ccccn23)cccc1[N+](=O)[O-]. The number of rotatable bonds is 4. The zero-order chi connectivity index (χ0) is 19.7. The zero-order valence-electron chi connectivity index (χ0n) is 15.0. The molecule has 0 spiro atoms. The van der Waals surface area contributed by atoms with E-state index in [0.29, 0.717) is 22.7 Å². The van der Waals surface area contributed by atoms with Gasteiger partial charge in [0.2, 0.25) is 0 Å². The molecule has 7 heteroatoms. The van der Waals surface area contributed by atoms with Crippen LogP contribution in [0, 0.1) is 17.0 Å². The van der Waals surface area contributed by atoms with Gasteiger partial charge in [-0.2, -0.15) is 0 Å². The topological polar surface area (TPSA) is 89.5 Å². The van der Waals surface area contributed by atoms with Crippen LogP contribution in [0.4, 0.5) is 11.5 Å². The molecule has 0 saturated carbocycles. The highest BCUT2D eigenvalue weighted by molar-refractivity contribution is 6.07. The van der Waals surface area contributed by atoms with Crippen LogP contribution < -0.4 is 5.32 Å². The van der Waals surface area contributed by atoms with E-state index >= 15 is 0 Å². The van der Waals surface area contributed by atoms with Gasteiger partial charge < -0.3 is 5.32 Å². The number of amides is 1. The van der Waals surface area contributed by atoms with E-state index < -0.39 is 10.8 Å². The summed E-state index contributed by atoms with van der Waals surface area (Å²) in [5, 5.41) is 14.1. The number of aromatic nitrogens is 2. The van der Waals surface area contributed by atoms with Crippen molar-refractivity contribution in [1.29, 1.82) is 0 Å². The third kappa shape index (κ3) is 2.99. The van der Waals surface area contributed by atoms with Crippen molar-refractivity contribution in [3.05, 3.63) is 94.2 Å². The predicted octanol–water partition coefficient (Wildman–Crippen LogP) is 4.47. The first-order chi connectivity index (χ1) is 13.6. The Morgan fingerprint density at radius 2 is 1.79 bits per heavy atom. The molecule has 0 saturated heterocycles. The van der Waals surface area contributed by atoms with E-state index in [9.17, 15) is 14.9 Å². The Hall–Kier alpha value is -4.00. The standard InChI is InChI=1S/C21H16N4O3/c1-14-16(10-7-11-17(14)25(27)28)21(26)23-20-19(15-8-3-2-4-9-15)22-18-12-5-6-13-24(18)20/h2-13H,1H3,(H,23,26). The average molecular weight is 372 g/mol. The molecular weight excluding hydrogens is 356 g/mol. The lowest BCUT2D eigenvalue weighted by Crippen LogP contribution is -2.16. The second kappa shape index (κ2) is 6.96. The van der Waals surface area contributed by atoms with Gasteiger partial charge in [-0.3, -0.25) is 19.3 Å². The molecule has 0 atom stereocenters. The molecule has 2 aromatic heterocycles. The lowest BCUT2D eigenvalue weighted by molar-refractivity contribution is -0.385. The number of carbonyl (C=O) groups is 1. The average Bonchev–Trinajstić information content (AvgIpc) is 3.07. The fourth-order valence-electron chi connectivity index (χ4n) is 3.15. The zero-order valence-corrected chi connectivity index (χ0v) is 15.0. The fraction of sp³-hybridized carbons (Fsp3) is 0.0476. The second-order valence-electron chi connectivity index (χ2n) is 6.26. The molecule has 0 aliphatic heterocycles. The molecule has 0 unspecified atom stereocenters. The summed E-state index contributed by atoms with van der Waals surface area (Å²) in [6.07, 6.45) is 1.81. The molecule has 2 aromatic carbocycles. The maximum absolute atomic E-state index is 13.0. The smallest absolute Gasteiger partial charge is 0.273 e. The lowest BCUT2D eigenvalue weighted by atomic mass is 10.1. The van der Waals surface area contributed by atoms with Gasteiger partial charge in [-0.25, -0.2) is 4.98 Å². The van der Waals surface area contributed by atoms with Gasteiger partial charge in [-0.1, -0.05) is 42.5 Å². The molecule has 1 amide bonds. The van der Waals surface area contributed by atoms with Gasteiger partial charge in [0.05, 0.1) is 4.92 Å². The van der Waals surface area contributed by atoms with E-state index in [0.717, 1.165) is 5.56 Å². The fourth-order valence-corrected chi connectivity index (χ4v) is 3.15. The molecule has 138 valence electrons. The number of hydrogen-bond acceptors (Lipinski definition) is 4.